The van der Waals surface area contributed by atoms with Crippen LogP contribution in [-0.4, -0.2) is 0 Å². The summed E-state index contributed by atoms with van der Waals surface area (Å²) in [5, 5.41) is 0. The lowest BCUT2D eigenvalue weighted by molar-refractivity contribution is 0.895. The van der Waals surface area contributed by atoms with E-state index in [0.29, 0.717) is 5.92 Å². The van der Waals surface area contributed by atoms with Crippen LogP contribution >= 0.6 is 0 Å². The maximum atomic E-state index is 3.29. The van der Waals surface area contributed by atoms with Crippen molar-refractivity contribution in [2.24, 2.45) is 0 Å². The summed E-state index contributed by atoms with van der Waals surface area (Å²) < 4.78 is 0. The second-order valence-corrected chi connectivity index (χ2v) is 3.20. The standard InChI is InChI=1S/C13H12/c1-2-5-9-12(8-4-1)13-10-6-3-7-11-13/h1,3-4,6-7,10-12H,2,8H2. The molecule has 1 unspecified atom stereocenters. The Labute approximate surface area is 79.3 Å². The molecule has 1 aromatic carbocycles. The van der Waals surface area contributed by atoms with Gasteiger partial charge in [-0.1, -0.05) is 54.3 Å². The highest BCUT2D eigenvalue weighted by atomic mass is 14.1. The minimum atomic E-state index is 0.403. The minimum absolute atomic E-state index is 0.403. The molecular formula is C13H12. The van der Waals surface area contributed by atoms with E-state index < -0.39 is 0 Å². The molecule has 0 aliphatic heterocycles. The first kappa shape index (κ1) is 8.13. The van der Waals surface area contributed by atoms with E-state index in [0.717, 1.165) is 12.8 Å². The molecule has 1 aliphatic carbocycles. The zero-order valence-corrected chi connectivity index (χ0v) is 7.53. The fourth-order valence-electron chi connectivity index (χ4n) is 1.52. The zero-order valence-electron chi connectivity index (χ0n) is 7.53. The number of rotatable bonds is 1. The van der Waals surface area contributed by atoms with Crippen molar-refractivity contribution >= 4 is 0 Å². The van der Waals surface area contributed by atoms with Gasteiger partial charge in [-0.05, 0) is 12.0 Å². The minimum Gasteiger partial charge on any atom is -0.0985 e. The molecule has 0 aromatic heterocycles. The van der Waals surface area contributed by atoms with Crippen molar-refractivity contribution in [2.45, 2.75) is 18.8 Å². The summed E-state index contributed by atoms with van der Waals surface area (Å²) >= 11 is 0. The summed E-state index contributed by atoms with van der Waals surface area (Å²) in [7, 11) is 0. The van der Waals surface area contributed by atoms with Crippen molar-refractivity contribution in [3.8, 4) is 11.8 Å². The third kappa shape index (κ3) is 2.00. The molecule has 0 heterocycles. The van der Waals surface area contributed by atoms with Crippen LogP contribution in [0.2, 0.25) is 0 Å². The molecule has 1 aromatic rings. The van der Waals surface area contributed by atoms with E-state index in [1.165, 1.54) is 5.56 Å². The van der Waals surface area contributed by atoms with Crippen molar-refractivity contribution in [3.05, 3.63) is 48.0 Å². The second-order valence-electron chi connectivity index (χ2n) is 3.20. The molecule has 2 rings (SSSR count). The van der Waals surface area contributed by atoms with Gasteiger partial charge in [0.1, 0.15) is 0 Å². The largest absolute Gasteiger partial charge is 0.0985 e. The molecule has 0 saturated heterocycles. The molecule has 0 bridgehead atoms. The lowest BCUT2D eigenvalue weighted by atomic mass is 9.97. The molecule has 0 amide bonds. The third-order valence-electron chi connectivity index (χ3n) is 2.24. The van der Waals surface area contributed by atoms with E-state index in [1.54, 1.807) is 0 Å². The first-order valence-corrected chi connectivity index (χ1v) is 4.65. The monoisotopic (exact) mass is 168 g/mol. The smallest absolute Gasteiger partial charge is 0.0486 e. The third-order valence-corrected chi connectivity index (χ3v) is 2.24. The van der Waals surface area contributed by atoms with E-state index in [2.05, 4.69) is 48.3 Å². The quantitative estimate of drug-likeness (QED) is 0.446. The Hall–Kier alpha value is -1.48. The number of benzene rings is 1. The van der Waals surface area contributed by atoms with Crippen molar-refractivity contribution in [1.29, 1.82) is 0 Å². The molecule has 0 spiro atoms. The fraction of sp³-hybridized carbons (Fsp3) is 0.231. The summed E-state index contributed by atoms with van der Waals surface area (Å²) in [4.78, 5) is 0. The average Bonchev–Trinajstić information content (AvgIpc) is 2.47. The highest BCUT2D eigenvalue weighted by molar-refractivity contribution is 5.30. The van der Waals surface area contributed by atoms with Crippen LogP contribution in [0.15, 0.2) is 42.5 Å². The molecule has 13 heavy (non-hydrogen) atoms. The summed E-state index contributed by atoms with van der Waals surface area (Å²) in [5.74, 6) is 6.85. The average molecular weight is 168 g/mol. The summed E-state index contributed by atoms with van der Waals surface area (Å²) in [6, 6.07) is 10.5. The summed E-state index contributed by atoms with van der Waals surface area (Å²) in [6.07, 6.45) is 6.32. The van der Waals surface area contributed by atoms with Crippen molar-refractivity contribution < 1.29 is 0 Å². The molecule has 0 radical (unpaired) electrons. The highest BCUT2D eigenvalue weighted by Gasteiger charge is 2.06. The first-order valence-electron chi connectivity index (χ1n) is 4.65. The topological polar surface area (TPSA) is 0 Å². The van der Waals surface area contributed by atoms with Gasteiger partial charge in [0.25, 0.3) is 0 Å². The predicted molar refractivity (Wildman–Crippen MR) is 55.3 cm³/mol. The normalized spacial score (nSPS) is 20.2. The van der Waals surface area contributed by atoms with E-state index >= 15 is 0 Å². The number of allylic oxidation sites excluding steroid dienone is 2. The first-order chi connectivity index (χ1) is 6.47. The van der Waals surface area contributed by atoms with Crippen LogP contribution < -0.4 is 0 Å². The van der Waals surface area contributed by atoms with Gasteiger partial charge in [-0.25, -0.2) is 0 Å². The van der Waals surface area contributed by atoms with Gasteiger partial charge in [-0.15, -0.1) is 0 Å². The Bertz CT molecular complexity index is 349. The van der Waals surface area contributed by atoms with Gasteiger partial charge in [-0.3, -0.25) is 0 Å². The van der Waals surface area contributed by atoms with Crippen molar-refractivity contribution in [3.63, 3.8) is 0 Å². The number of hydrogen-bond donors (Lipinski definition) is 0. The second kappa shape index (κ2) is 3.96. The highest BCUT2D eigenvalue weighted by Crippen LogP contribution is 2.20. The van der Waals surface area contributed by atoms with Gasteiger partial charge in [0.15, 0.2) is 0 Å². The van der Waals surface area contributed by atoms with Crippen LogP contribution in [0.25, 0.3) is 0 Å². The van der Waals surface area contributed by atoms with Gasteiger partial charge in [0, 0.05) is 12.3 Å². The van der Waals surface area contributed by atoms with Crippen LogP contribution in [0.1, 0.15) is 24.3 Å². The molecule has 0 fully saturated rings. The predicted octanol–water partition coefficient (Wildman–Crippen LogP) is 3.12. The van der Waals surface area contributed by atoms with Gasteiger partial charge >= 0.3 is 0 Å². The van der Waals surface area contributed by atoms with Crippen LogP contribution in [0.3, 0.4) is 0 Å². The van der Waals surface area contributed by atoms with Crippen molar-refractivity contribution in [1.82, 2.24) is 0 Å². The van der Waals surface area contributed by atoms with Crippen LogP contribution in [-0.2, 0) is 0 Å². The number of hydrogen-bond acceptors (Lipinski definition) is 0. The lowest BCUT2D eigenvalue weighted by Gasteiger charge is -2.06. The Morgan fingerprint density at radius 2 is 1.92 bits per heavy atom. The summed E-state index contributed by atoms with van der Waals surface area (Å²) in [5.41, 5.74) is 1.33. The molecule has 0 saturated carbocycles. The molecular weight excluding hydrogens is 156 g/mol. The summed E-state index contributed by atoms with van der Waals surface area (Å²) in [6.45, 7) is 0. The Balaban J connectivity index is 2.24. The van der Waals surface area contributed by atoms with Crippen LogP contribution in [0.4, 0.5) is 0 Å². The van der Waals surface area contributed by atoms with Gasteiger partial charge in [0.05, 0.1) is 0 Å². The molecule has 0 heteroatoms. The Morgan fingerprint density at radius 1 is 1.08 bits per heavy atom. The Morgan fingerprint density at radius 3 is 2.77 bits per heavy atom. The van der Waals surface area contributed by atoms with Gasteiger partial charge < -0.3 is 0 Å². The van der Waals surface area contributed by atoms with E-state index in [1.807, 2.05) is 6.07 Å². The SMILES string of the molecule is C1#CC(c2ccccc2)CC=CC1. The van der Waals surface area contributed by atoms with Gasteiger partial charge in [0.2, 0.25) is 0 Å². The van der Waals surface area contributed by atoms with Gasteiger partial charge in [-0.2, -0.15) is 0 Å². The lowest BCUT2D eigenvalue weighted by Crippen LogP contribution is -1.92. The Kier molecular flexibility index (Phi) is 2.48. The molecule has 0 N–H and O–H groups in total. The zero-order chi connectivity index (χ0) is 8.93. The fourth-order valence-corrected chi connectivity index (χ4v) is 1.52. The van der Waals surface area contributed by atoms with Crippen LogP contribution in [0.5, 0.6) is 0 Å². The van der Waals surface area contributed by atoms with Crippen molar-refractivity contribution in [2.75, 3.05) is 0 Å². The maximum Gasteiger partial charge on any atom is 0.0486 e. The van der Waals surface area contributed by atoms with E-state index in [9.17, 15) is 0 Å². The molecule has 64 valence electrons. The maximum absolute atomic E-state index is 3.29. The van der Waals surface area contributed by atoms with E-state index in [-0.39, 0.29) is 0 Å². The van der Waals surface area contributed by atoms with Crippen LogP contribution in [0, 0.1) is 11.8 Å². The molecule has 0 nitrogen and oxygen atoms in total. The van der Waals surface area contributed by atoms with E-state index in [4.69, 9.17) is 0 Å². The molecule has 1 atom stereocenters. The molecule has 1 aliphatic rings.